The Morgan fingerprint density at radius 2 is 0.483 bits per heavy atom. The molecule has 0 bridgehead atoms. The molecule has 0 fully saturated rings. The molecule has 13 aromatic carbocycles. The first-order chi connectivity index (χ1) is 55.2. The van der Waals surface area contributed by atoms with Crippen molar-refractivity contribution < 1.29 is 47.7 Å². The lowest BCUT2D eigenvalue weighted by Crippen LogP contribution is -2.56. The van der Waals surface area contributed by atoms with Gasteiger partial charge in [-0.25, -0.2) is 0 Å². The molecule has 0 saturated carbocycles. The van der Waals surface area contributed by atoms with Crippen molar-refractivity contribution in [2.45, 2.75) is 171 Å². The zero-order valence-electron chi connectivity index (χ0n) is 69.1. The van der Waals surface area contributed by atoms with Crippen molar-refractivity contribution in [1.29, 1.82) is 0 Å². The van der Waals surface area contributed by atoms with Gasteiger partial charge in [0.25, 0.3) is 23.6 Å². The molecule has 2 heterocycles. The van der Waals surface area contributed by atoms with Crippen LogP contribution in [0.25, 0.3) is 43.1 Å². The van der Waals surface area contributed by atoms with Crippen LogP contribution in [-0.2, 0) is 57.4 Å². The summed E-state index contributed by atoms with van der Waals surface area (Å²) < 4.78 is 30.0. The highest BCUT2D eigenvalue weighted by Gasteiger charge is 2.49. The molecule has 6 amide bonds. The molecule has 0 aromatic heterocycles. The van der Waals surface area contributed by atoms with Gasteiger partial charge in [0.1, 0.15) is 58.1 Å². The second-order valence-corrected chi connectivity index (χ2v) is 35.9. The van der Waals surface area contributed by atoms with E-state index < -0.39 is 59.4 Å². The Hall–Kier alpha value is -12.4. The number of hydrogen-bond acceptors (Lipinski definition) is 10. The normalized spacial score (nSPS) is 13.8. The maximum atomic E-state index is 16.9. The van der Waals surface area contributed by atoms with Gasteiger partial charge < -0.3 is 28.7 Å². The lowest BCUT2D eigenvalue weighted by Gasteiger charge is -2.39. The van der Waals surface area contributed by atoms with Crippen LogP contribution in [0.1, 0.15) is 197 Å². The Labute approximate surface area is 679 Å². The maximum Gasteiger partial charge on any atom is 0.262 e. The van der Waals surface area contributed by atoms with Gasteiger partial charge in [0.15, 0.2) is 0 Å². The van der Waals surface area contributed by atoms with E-state index in [0.717, 1.165) is 54.3 Å². The van der Waals surface area contributed by atoms with Gasteiger partial charge >= 0.3 is 0 Å². The summed E-state index contributed by atoms with van der Waals surface area (Å²) in [5, 5.41) is 2.38. The van der Waals surface area contributed by atoms with Crippen LogP contribution in [0.4, 0.5) is 0 Å². The van der Waals surface area contributed by atoms with Crippen LogP contribution < -0.4 is 18.9 Å². The van der Waals surface area contributed by atoms with E-state index in [4.69, 9.17) is 18.9 Å². The molecule has 116 heavy (non-hydrogen) atoms. The van der Waals surface area contributed by atoms with Gasteiger partial charge in [-0.2, -0.15) is 0 Å². The fourth-order valence-corrected chi connectivity index (χ4v) is 16.4. The number of nitrogens with zero attached hydrogens (tertiary/aromatic N) is 4. The molecule has 0 aliphatic carbocycles. The van der Waals surface area contributed by atoms with Gasteiger partial charge in [-0.1, -0.05) is 281 Å². The molecule has 0 N–H and O–H groups in total. The number of carbonyl (C=O) groups is 6. The molecule has 2 aliphatic rings. The third kappa shape index (κ3) is 15.3. The largest absolute Gasteiger partial charge is 0.457 e. The molecule has 15 rings (SSSR count). The molecule has 588 valence electrons. The van der Waals surface area contributed by atoms with E-state index in [0.29, 0.717) is 55.3 Å². The van der Waals surface area contributed by atoms with Crippen molar-refractivity contribution in [1.82, 2.24) is 19.6 Å². The second kappa shape index (κ2) is 30.7. The van der Waals surface area contributed by atoms with Gasteiger partial charge in [0, 0.05) is 69.3 Å². The highest BCUT2D eigenvalue weighted by molar-refractivity contribution is 6.45. The lowest BCUT2D eigenvalue weighted by atomic mass is 9.80. The fraction of sp³-hybridized carbons (Fsp3) is 0.275. The number of fused-ring (bicyclic) bond motifs is 2. The predicted octanol–water partition coefficient (Wildman–Crippen LogP) is 23.8. The first-order valence-corrected chi connectivity index (χ1v) is 40.2. The Kier molecular flexibility index (Phi) is 20.9. The number of benzene rings is 13. The smallest absolute Gasteiger partial charge is 0.262 e. The third-order valence-corrected chi connectivity index (χ3v) is 22.6. The first-order valence-electron chi connectivity index (χ1n) is 40.2. The van der Waals surface area contributed by atoms with E-state index in [1.165, 1.54) is 0 Å². The van der Waals surface area contributed by atoms with E-state index in [1.807, 2.05) is 246 Å². The summed E-state index contributed by atoms with van der Waals surface area (Å²) in [6.45, 7) is 33.6. The third-order valence-electron chi connectivity index (χ3n) is 22.6. The van der Waals surface area contributed by atoms with Crippen molar-refractivity contribution in [2.75, 3.05) is 0 Å². The molecule has 0 saturated heterocycles. The van der Waals surface area contributed by atoms with Gasteiger partial charge in [-0.05, 0) is 151 Å². The molecule has 14 heteroatoms. The van der Waals surface area contributed by atoms with Gasteiger partial charge in [0.2, 0.25) is 11.8 Å². The van der Waals surface area contributed by atoms with Crippen molar-refractivity contribution in [3.63, 3.8) is 0 Å². The molecule has 2 aliphatic heterocycles. The minimum atomic E-state index is -1.36. The molecule has 14 nitrogen and oxygen atoms in total. The van der Waals surface area contributed by atoms with E-state index in [1.54, 1.807) is 34.1 Å². The SMILES string of the molecule is CC(C)C(C(=O)N(Cc1ccccc1)Cc1ccccc1)N1C(=O)c2cc(Oc3ccc(C(C)(C)C)cc3)c3c4c(Oc5ccc(C(C)(C)C)cc5)cc5c6c(cc(Oc7ccc(C(C)(C)C)cc7)c(c7c(Oc8ccc(C(C)(C)C)cc8)cc(c2c37)C1=O)c64)C(=O)N(C(C(=O)N(Cc1ccccc1)Cc1ccccc1)C(C)C)C5=O. The highest BCUT2D eigenvalue weighted by atomic mass is 16.5. The molecule has 0 radical (unpaired) electrons. The summed E-state index contributed by atoms with van der Waals surface area (Å²) in [6.07, 6.45) is 0. The summed E-state index contributed by atoms with van der Waals surface area (Å²) >= 11 is 0. The Bertz CT molecular complexity index is 5240. The monoisotopic (exact) mass is 1540 g/mol. The van der Waals surface area contributed by atoms with Crippen LogP contribution in [0, 0.1) is 11.8 Å². The standard InChI is InChI=1S/C102H100N4O10/c1-61(2)91(97(111)103(57-63-29-21-17-22-30-63)58-64-31-23-18-24-32-64)105-93(107)75-53-79(113-71-45-37-67(38-46-71)99(5,6)7)85-87-81(115-73-49-41-69(42-50-73)101(11,12)13)55-77-84-78(96(110)106(95(77)109)92(62(3)4)98(112)104(59-65-33-25-19-26-34-65)60-66-35-27-20-28-36-66)56-82(116-74-51-43-70(44-52-74)102(14,15)16)88(90(84)87)86-80(54-76(94(105)108)83(75)89(85)86)114-72-47-39-68(40-48-72)100(8,9)10/h17-56,61-62,91-92H,57-60H2,1-16H3. The Balaban J connectivity index is 1.07. The van der Waals surface area contributed by atoms with Crippen molar-refractivity contribution in [2.24, 2.45) is 11.8 Å². The first kappa shape index (κ1) is 78.8. The van der Waals surface area contributed by atoms with Gasteiger partial charge in [-0.3, -0.25) is 38.6 Å². The quantitative estimate of drug-likeness (QED) is 0.0364. The number of amides is 6. The zero-order chi connectivity index (χ0) is 82.2. The van der Waals surface area contributed by atoms with Crippen LogP contribution in [0.5, 0.6) is 46.0 Å². The van der Waals surface area contributed by atoms with E-state index >= 15 is 28.8 Å². The summed E-state index contributed by atoms with van der Waals surface area (Å²) in [6, 6.07) is 73.6. The summed E-state index contributed by atoms with van der Waals surface area (Å²) in [4.78, 5) is 106. The number of imide groups is 2. The molecule has 2 atom stereocenters. The summed E-state index contributed by atoms with van der Waals surface area (Å²) in [7, 11) is 0. The molecule has 0 spiro atoms. The summed E-state index contributed by atoms with van der Waals surface area (Å²) in [5.74, 6) is -3.12. The molecular weight excluding hydrogens is 1440 g/mol. The van der Waals surface area contributed by atoms with E-state index in [-0.39, 0.29) is 104 Å². The Morgan fingerprint density at radius 3 is 0.664 bits per heavy atom. The number of carbonyl (C=O) groups excluding carboxylic acids is 6. The van der Waals surface area contributed by atoms with E-state index in [2.05, 4.69) is 83.1 Å². The zero-order valence-corrected chi connectivity index (χ0v) is 69.1. The molecular formula is C102H100N4O10. The summed E-state index contributed by atoms with van der Waals surface area (Å²) in [5.41, 5.74) is 6.65. The fourth-order valence-electron chi connectivity index (χ4n) is 16.4. The van der Waals surface area contributed by atoms with Crippen molar-refractivity contribution >= 4 is 78.5 Å². The second-order valence-electron chi connectivity index (χ2n) is 35.9. The maximum absolute atomic E-state index is 16.9. The predicted molar refractivity (Wildman–Crippen MR) is 461 cm³/mol. The van der Waals surface area contributed by atoms with E-state index in [9.17, 15) is 0 Å². The van der Waals surface area contributed by atoms with Gasteiger partial charge in [-0.15, -0.1) is 0 Å². The Morgan fingerprint density at radius 1 is 0.284 bits per heavy atom. The number of hydrogen-bond donors (Lipinski definition) is 0. The molecule has 2 unspecified atom stereocenters. The van der Waals surface area contributed by atoms with Crippen molar-refractivity contribution in [3.8, 4) is 46.0 Å². The van der Waals surface area contributed by atoms with Crippen LogP contribution >= 0.6 is 0 Å². The highest BCUT2D eigenvalue weighted by Crippen LogP contribution is 2.59. The van der Waals surface area contributed by atoms with Crippen LogP contribution in [-0.4, -0.2) is 67.1 Å². The lowest BCUT2D eigenvalue weighted by molar-refractivity contribution is -0.138. The van der Waals surface area contributed by atoms with Crippen LogP contribution in [0.3, 0.4) is 0 Å². The van der Waals surface area contributed by atoms with Gasteiger partial charge in [0.05, 0.1) is 22.3 Å². The topological polar surface area (TPSA) is 152 Å². The number of rotatable bonds is 22. The average molecular weight is 1540 g/mol. The average Bonchev–Trinajstić information content (AvgIpc) is 0.669. The van der Waals surface area contributed by atoms with Crippen LogP contribution in [0.15, 0.2) is 243 Å². The minimum absolute atomic E-state index is 0.0478. The minimum Gasteiger partial charge on any atom is -0.457 e. The molecule has 13 aromatic rings. The van der Waals surface area contributed by atoms with Crippen molar-refractivity contribution in [3.05, 3.63) is 309 Å². The number of ether oxygens (including phenoxy) is 4. The van der Waals surface area contributed by atoms with Crippen LogP contribution in [0.2, 0.25) is 0 Å².